The lowest BCUT2D eigenvalue weighted by molar-refractivity contribution is -0.143. The number of oxime groups is 1. The number of aromatic nitrogens is 1. The van der Waals surface area contributed by atoms with Gasteiger partial charge in [0.25, 0.3) is 11.8 Å². The summed E-state index contributed by atoms with van der Waals surface area (Å²) in [5, 5.41) is 8.33. The standard InChI is InChI=1S/C42H36N4O9S2/c1-28-37(42(49)46(28)57(50,51)52)43-41(48)38(36-23-14-24-56-36)44-53-27-33-25-34(47)35(54-39(29-15-6-2-7-16-29)30-17-8-3-9-18-30)26-45(33)55-40(31-19-10-4-11-20-31)32-21-12-5-13-22-32/h2-26,28,37,39-40H,27H2,1H3,(H,43,48)(H,50,51,52)/t28?,37-/m0/s1. The molecule has 6 aromatic rings. The van der Waals surface area contributed by atoms with Crippen molar-refractivity contribution in [2.45, 2.75) is 37.8 Å². The summed E-state index contributed by atoms with van der Waals surface area (Å²) in [4.78, 5) is 52.8. The van der Waals surface area contributed by atoms with E-state index in [1.54, 1.807) is 17.5 Å². The molecular weight excluding hydrogens is 769 g/mol. The van der Waals surface area contributed by atoms with Crippen LogP contribution in [0.3, 0.4) is 0 Å². The van der Waals surface area contributed by atoms with E-state index in [4.69, 9.17) is 14.4 Å². The van der Waals surface area contributed by atoms with Crippen molar-refractivity contribution in [1.29, 1.82) is 0 Å². The molecule has 13 nitrogen and oxygen atoms in total. The van der Waals surface area contributed by atoms with Gasteiger partial charge in [-0.05, 0) is 40.6 Å². The number of thiophene rings is 1. The summed E-state index contributed by atoms with van der Waals surface area (Å²) in [7, 11) is -4.80. The molecule has 57 heavy (non-hydrogen) atoms. The Bertz CT molecular complexity index is 2440. The quantitative estimate of drug-likeness (QED) is 0.0570. The summed E-state index contributed by atoms with van der Waals surface area (Å²) in [6.07, 6.45) is 0.168. The Balaban J connectivity index is 1.23. The Labute approximate surface area is 332 Å². The van der Waals surface area contributed by atoms with Gasteiger partial charge in [-0.1, -0.05) is 133 Å². The van der Waals surface area contributed by atoms with E-state index in [0.29, 0.717) is 4.88 Å². The third kappa shape index (κ3) is 8.80. The normalized spacial score (nSPS) is 15.6. The second kappa shape index (κ2) is 17.1. The van der Waals surface area contributed by atoms with Gasteiger partial charge < -0.3 is 19.7 Å². The lowest BCUT2D eigenvalue weighted by atomic mass is 10.0. The summed E-state index contributed by atoms with van der Waals surface area (Å²) >= 11 is 1.18. The number of nitrogens with zero attached hydrogens (tertiary/aromatic N) is 3. The first-order chi connectivity index (χ1) is 27.6. The van der Waals surface area contributed by atoms with Gasteiger partial charge in [-0.2, -0.15) is 13.1 Å². The Morgan fingerprint density at radius 2 is 1.33 bits per heavy atom. The van der Waals surface area contributed by atoms with E-state index < -0.39 is 51.8 Å². The number of pyridine rings is 1. The number of hydrogen-bond donors (Lipinski definition) is 2. The minimum atomic E-state index is -4.80. The molecule has 290 valence electrons. The molecule has 2 N–H and O–H groups in total. The van der Waals surface area contributed by atoms with Crippen LogP contribution in [0.25, 0.3) is 0 Å². The van der Waals surface area contributed by atoms with Gasteiger partial charge >= 0.3 is 10.3 Å². The number of ether oxygens (including phenoxy) is 1. The Kier molecular flexibility index (Phi) is 11.6. The molecule has 1 saturated heterocycles. The van der Waals surface area contributed by atoms with Crippen molar-refractivity contribution in [1.82, 2.24) is 14.4 Å². The molecule has 3 heterocycles. The molecule has 2 atom stereocenters. The maximum absolute atomic E-state index is 13.9. The maximum atomic E-state index is 13.9. The van der Waals surface area contributed by atoms with Gasteiger partial charge in [-0.15, -0.1) is 11.3 Å². The van der Waals surface area contributed by atoms with Crippen molar-refractivity contribution < 1.29 is 37.0 Å². The van der Waals surface area contributed by atoms with Gasteiger partial charge in [-0.25, -0.2) is 4.31 Å². The first-order valence-electron chi connectivity index (χ1n) is 17.7. The number of amides is 2. The average molecular weight is 805 g/mol. The Hall–Kier alpha value is -6.55. The highest BCUT2D eigenvalue weighted by atomic mass is 32.2. The fourth-order valence-electron chi connectivity index (χ4n) is 6.31. The zero-order valence-corrected chi connectivity index (χ0v) is 32.0. The average Bonchev–Trinajstić information content (AvgIpc) is 3.76. The first kappa shape index (κ1) is 38.7. The van der Waals surface area contributed by atoms with Crippen LogP contribution in [0.4, 0.5) is 0 Å². The number of carbonyl (C=O) groups is 2. The molecule has 0 spiro atoms. The van der Waals surface area contributed by atoms with Crippen LogP contribution in [0.5, 0.6) is 5.75 Å². The van der Waals surface area contributed by atoms with Crippen LogP contribution in [0.15, 0.2) is 161 Å². The fraction of sp³-hybridized carbons (Fsp3) is 0.143. The van der Waals surface area contributed by atoms with Crippen molar-refractivity contribution in [3.05, 3.63) is 194 Å². The number of hydrogen-bond acceptors (Lipinski definition) is 10. The number of carbonyl (C=O) groups excluding carboxylic acids is 2. The van der Waals surface area contributed by atoms with E-state index in [-0.39, 0.29) is 28.1 Å². The van der Waals surface area contributed by atoms with E-state index in [1.807, 2.05) is 121 Å². The summed E-state index contributed by atoms with van der Waals surface area (Å²) in [6.45, 7) is 1.01. The van der Waals surface area contributed by atoms with Crippen molar-refractivity contribution in [3.63, 3.8) is 0 Å². The van der Waals surface area contributed by atoms with Crippen LogP contribution in [0.2, 0.25) is 0 Å². The third-order valence-corrected chi connectivity index (χ3v) is 11.0. The predicted octanol–water partition coefficient (Wildman–Crippen LogP) is 5.74. The zero-order valence-electron chi connectivity index (χ0n) is 30.3. The van der Waals surface area contributed by atoms with Gasteiger partial charge in [0, 0.05) is 6.07 Å². The molecule has 15 heteroatoms. The smallest absolute Gasteiger partial charge is 0.362 e. The predicted molar refractivity (Wildman–Crippen MR) is 213 cm³/mol. The molecule has 0 saturated carbocycles. The van der Waals surface area contributed by atoms with Gasteiger partial charge in [0.1, 0.15) is 17.8 Å². The molecule has 4 aromatic carbocycles. The third-order valence-electron chi connectivity index (χ3n) is 9.14. The number of benzene rings is 4. The Morgan fingerprint density at radius 3 is 1.81 bits per heavy atom. The Morgan fingerprint density at radius 1 is 0.807 bits per heavy atom. The van der Waals surface area contributed by atoms with E-state index >= 15 is 0 Å². The van der Waals surface area contributed by atoms with Crippen molar-refractivity contribution in [2.24, 2.45) is 5.16 Å². The molecule has 2 amide bonds. The molecule has 1 aliphatic heterocycles. The van der Waals surface area contributed by atoms with Crippen molar-refractivity contribution in [2.75, 3.05) is 0 Å². The minimum Gasteiger partial charge on any atom is -0.475 e. The zero-order chi connectivity index (χ0) is 39.9. The van der Waals surface area contributed by atoms with Crippen LogP contribution in [0, 0.1) is 0 Å². The van der Waals surface area contributed by atoms with Crippen LogP contribution in [-0.2, 0) is 31.3 Å². The van der Waals surface area contributed by atoms with Crippen molar-refractivity contribution in [3.8, 4) is 5.75 Å². The largest absolute Gasteiger partial charge is 0.475 e. The molecule has 1 aliphatic rings. The van der Waals surface area contributed by atoms with Crippen LogP contribution in [-0.4, -0.2) is 51.6 Å². The van der Waals surface area contributed by atoms with Crippen LogP contribution >= 0.6 is 11.3 Å². The highest BCUT2D eigenvalue weighted by Gasteiger charge is 2.51. The highest BCUT2D eigenvalue weighted by Crippen LogP contribution is 2.29. The summed E-state index contributed by atoms with van der Waals surface area (Å²) in [6, 6.07) is 40.5. The molecule has 1 fully saturated rings. The highest BCUT2D eigenvalue weighted by molar-refractivity contribution is 7.84. The molecular formula is C42H36N4O9S2. The summed E-state index contributed by atoms with van der Waals surface area (Å²) in [5.41, 5.74) is 2.85. The van der Waals surface area contributed by atoms with E-state index in [0.717, 1.165) is 22.3 Å². The second-order valence-electron chi connectivity index (χ2n) is 12.9. The van der Waals surface area contributed by atoms with Gasteiger partial charge in [0.2, 0.25) is 5.43 Å². The van der Waals surface area contributed by atoms with E-state index in [1.165, 1.54) is 35.3 Å². The first-order valence-corrected chi connectivity index (χ1v) is 20.0. The molecule has 1 unspecified atom stereocenters. The molecule has 0 bridgehead atoms. The number of nitrogens with one attached hydrogen (secondary N) is 1. The number of rotatable bonds is 15. The monoisotopic (exact) mass is 804 g/mol. The molecule has 7 rings (SSSR count). The van der Waals surface area contributed by atoms with Gasteiger partial charge in [0.15, 0.2) is 24.2 Å². The van der Waals surface area contributed by atoms with Crippen LogP contribution < -0.4 is 20.3 Å². The number of β-lactam (4-membered cyclic amide) rings is 1. The van der Waals surface area contributed by atoms with Gasteiger partial charge in [0.05, 0.1) is 17.1 Å². The summed E-state index contributed by atoms with van der Waals surface area (Å²) in [5.74, 6) is -1.82. The lowest BCUT2D eigenvalue weighted by Crippen LogP contribution is -2.71. The topological polar surface area (TPSA) is 166 Å². The second-order valence-corrected chi connectivity index (χ2v) is 15.2. The fourth-order valence-corrected chi connectivity index (χ4v) is 7.90. The van der Waals surface area contributed by atoms with E-state index in [9.17, 15) is 27.4 Å². The van der Waals surface area contributed by atoms with Gasteiger partial charge in [-0.3, -0.25) is 18.9 Å². The maximum Gasteiger partial charge on any atom is 0.362 e. The molecule has 0 aliphatic carbocycles. The molecule has 0 radical (unpaired) electrons. The SMILES string of the molecule is CC1[C@H](NC(=O)C(=NOCc2cc(=O)c(OC(c3ccccc3)c3ccccc3)cn2OC(c2ccccc2)c2ccccc2)c2cccs2)C(=O)N1S(=O)(=O)O. The van der Waals surface area contributed by atoms with Crippen molar-refractivity contribution >= 4 is 39.2 Å². The summed E-state index contributed by atoms with van der Waals surface area (Å²) < 4.78 is 40.8. The van der Waals surface area contributed by atoms with Crippen LogP contribution in [0.1, 0.15) is 52.0 Å². The van der Waals surface area contributed by atoms with E-state index in [2.05, 4.69) is 10.5 Å². The minimum absolute atomic E-state index is 0.00305. The lowest BCUT2D eigenvalue weighted by Gasteiger charge is -2.42. The molecule has 2 aromatic heterocycles.